The molecule has 2 atom stereocenters. The van der Waals surface area contributed by atoms with E-state index in [0.29, 0.717) is 12.3 Å². The van der Waals surface area contributed by atoms with E-state index in [4.69, 9.17) is 0 Å². The maximum atomic E-state index is 12.3. The van der Waals surface area contributed by atoms with Crippen LogP contribution in [-0.4, -0.2) is 20.1 Å². The fraction of sp³-hybridized carbons (Fsp3) is 1.00. The fourth-order valence-corrected chi connectivity index (χ4v) is 2.48. The van der Waals surface area contributed by atoms with Crippen LogP contribution in [-0.2, 0) is 0 Å². The second kappa shape index (κ2) is 5.19. The number of nitrogens with one attached hydrogen (secondary N) is 1. The van der Waals surface area contributed by atoms with Gasteiger partial charge in [0, 0.05) is 0 Å². The molecule has 0 amide bonds. The largest absolute Gasteiger partial charge is 1.00 e. The Kier molecular flexibility index (Phi) is 5.01. The molecule has 76 valence electrons. The molecule has 1 nitrogen and oxygen atoms in total. The zero-order valence-corrected chi connectivity index (χ0v) is 11.6. The molecule has 1 aliphatic heterocycles. The van der Waals surface area contributed by atoms with Gasteiger partial charge in [0.15, 0.2) is 0 Å². The molecule has 2 rings (SSSR count). The third-order valence-corrected chi connectivity index (χ3v) is 3.37. The normalized spacial score (nSPS) is 33.6. The van der Waals surface area contributed by atoms with E-state index in [2.05, 4.69) is 5.32 Å². The molecule has 0 aromatic heterocycles. The predicted octanol–water partition coefficient (Wildman–Crippen LogP) is -0.772. The second-order valence-corrected chi connectivity index (χ2v) is 4.28. The molecular formula is C8H14BF3KN. The van der Waals surface area contributed by atoms with Gasteiger partial charge in [0.2, 0.25) is 0 Å². The maximum absolute atomic E-state index is 12.3. The Hall–Kier alpha value is 1.45. The molecule has 2 aliphatic rings. The van der Waals surface area contributed by atoms with E-state index < -0.39 is 12.8 Å². The van der Waals surface area contributed by atoms with Crippen molar-refractivity contribution in [3.63, 3.8) is 0 Å². The summed E-state index contributed by atoms with van der Waals surface area (Å²) in [5.41, 5.74) is 0. The topological polar surface area (TPSA) is 12.0 Å². The van der Waals surface area contributed by atoms with Gasteiger partial charge in [-0.05, 0) is 31.8 Å². The van der Waals surface area contributed by atoms with Crippen LogP contribution in [0.3, 0.4) is 0 Å². The van der Waals surface area contributed by atoms with Crippen molar-refractivity contribution in [2.75, 3.05) is 13.1 Å². The summed E-state index contributed by atoms with van der Waals surface area (Å²) in [6.45, 7) is -2.74. The molecule has 1 heterocycles. The van der Waals surface area contributed by atoms with Gasteiger partial charge in [-0.2, -0.15) is 0 Å². The van der Waals surface area contributed by atoms with Crippen molar-refractivity contribution in [1.29, 1.82) is 0 Å². The maximum Gasteiger partial charge on any atom is 1.00 e. The molecule has 1 N–H and O–H groups in total. The molecule has 0 bridgehead atoms. The van der Waals surface area contributed by atoms with Crippen LogP contribution in [0, 0.1) is 11.8 Å². The zero-order chi connectivity index (χ0) is 9.47. The van der Waals surface area contributed by atoms with E-state index >= 15 is 0 Å². The summed E-state index contributed by atoms with van der Waals surface area (Å²) in [5, 5.41) is 3.17. The molecule has 6 heteroatoms. The summed E-state index contributed by atoms with van der Waals surface area (Å²) in [4.78, 5) is 0. The van der Waals surface area contributed by atoms with Crippen LogP contribution < -0.4 is 56.7 Å². The van der Waals surface area contributed by atoms with Gasteiger partial charge in [-0.3, -0.25) is 0 Å². The van der Waals surface area contributed by atoms with E-state index in [1.807, 2.05) is 0 Å². The third kappa shape index (κ3) is 3.22. The second-order valence-electron chi connectivity index (χ2n) is 4.28. The molecule has 1 saturated heterocycles. The monoisotopic (exact) mass is 231 g/mol. The van der Waals surface area contributed by atoms with Gasteiger partial charge in [0.1, 0.15) is 0 Å². The predicted molar refractivity (Wildman–Crippen MR) is 46.5 cm³/mol. The van der Waals surface area contributed by atoms with Crippen molar-refractivity contribution in [2.24, 2.45) is 11.8 Å². The van der Waals surface area contributed by atoms with Gasteiger partial charge in [0.25, 0.3) is 0 Å². The first kappa shape index (κ1) is 13.5. The molecule has 14 heavy (non-hydrogen) atoms. The quantitative estimate of drug-likeness (QED) is 0.615. The van der Waals surface area contributed by atoms with Crippen molar-refractivity contribution in [2.45, 2.75) is 25.1 Å². The Morgan fingerprint density at radius 1 is 1.07 bits per heavy atom. The van der Waals surface area contributed by atoms with Gasteiger partial charge in [-0.25, -0.2) is 0 Å². The smallest absolute Gasteiger partial charge is 0.449 e. The van der Waals surface area contributed by atoms with Crippen molar-refractivity contribution in [3.05, 3.63) is 0 Å². The summed E-state index contributed by atoms with van der Waals surface area (Å²) in [5.74, 6) is -0.597. The van der Waals surface area contributed by atoms with Gasteiger partial charge < -0.3 is 18.3 Å². The van der Waals surface area contributed by atoms with Gasteiger partial charge in [-0.1, -0.05) is 18.2 Å². The van der Waals surface area contributed by atoms with Crippen LogP contribution in [0.1, 0.15) is 19.3 Å². The Balaban J connectivity index is 0.000000980. The van der Waals surface area contributed by atoms with E-state index in [1.165, 1.54) is 0 Å². The van der Waals surface area contributed by atoms with E-state index in [-0.39, 0.29) is 57.3 Å². The molecule has 2 fully saturated rings. The molecule has 1 aliphatic carbocycles. The number of halogens is 3. The van der Waals surface area contributed by atoms with E-state index in [9.17, 15) is 12.9 Å². The van der Waals surface area contributed by atoms with Crippen LogP contribution >= 0.6 is 0 Å². The third-order valence-electron chi connectivity index (χ3n) is 3.37. The summed E-state index contributed by atoms with van der Waals surface area (Å²) in [6.07, 6.45) is 2.29. The minimum absolute atomic E-state index is 0. The van der Waals surface area contributed by atoms with Gasteiger partial charge in [-0.15, -0.1) is 0 Å². The van der Waals surface area contributed by atoms with Crippen LogP contribution in [0.15, 0.2) is 0 Å². The fourth-order valence-electron chi connectivity index (χ4n) is 2.48. The summed E-state index contributed by atoms with van der Waals surface area (Å²) in [7, 11) is 0. The minimum atomic E-state index is -4.55. The minimum Gasteiger partial charge on any atom is -0.449 e. The first-order valence-electron chi connectivity index (χ1n) is 4.99. The Bertz CT molecular complexity index is 194. The molecule has 0 aromatic carbocycles. The van der Waals surface area contributed by atoms with Crippen LogP contribution in [0.25, 0.3) is 0 Å². The number of hydrogen-bond acceptors (Lipinski definition) is 1. The van der Waals surface area contributed by atoms with Crippen LogP contribution in [0.5, 0.6) is 0 Å². The standard InChI is InChI=1S/C8H14BF3N.K/c10-9(11,12)8-5-7(8)6-1-3-13-4-2-6;/h6-8,13H,1-5H2;/q-1;+1/t7-,8+;/m0./s1. The average molecular weight is 231 g/mol. The molecule has 0 unspecified atom stereocenters. The SMILES string of the molecule is F[B-](F)(F)[C@@H]1C[C@H]1C1CCNCC1.[K+]. The Morgan fingerprint density at radius 3 is 2.07 bits per heavy atom. The van der Waals surface area contributed by atoms with Gasteiger partial charge in [0.05, 0.1) is 0 Å². The molecule has 1 saturated carbocycles. The number of hydrogen-bond donors (Lipinski definition) is 1. The summed E-state index contributed by atoms with van der Waals surface area (Å²) < 4.78 is 36.9. The molecular weight excluding hydrogens is 217 g/mol. The average Bonchev–Trinajstić information content (AvgIpc) is 2.83. The van der Waals surface area contributed by atoms with Crippen molar-refractivity contribution in [1.82, 2.24) is 5.32 Å². The van der Waals surface area contributed by atoms with Crippen molar-refractivity contribution in [3.8, 4) is 0 Å². The molecule has 0 aromatic rings. The van der Waals surface area contributed by atoms with Crippen molar-refractivity contribution < 1.29 is 64.3 Å². The van der Waals surface area contributed by atoms with Crippen LogP contribution in [0.2, 0.25) is 5.82 Å². The molecule has 0 radical (unpaired) electrons. The summed E-state index contributed by atoms with van der Waals surface area (Å²) in [6, 6.07) is 0. The van der Waals surface area contributed by atoms with E-state index in [1.54, 1.807) is 0 Å². The van der Waals surface area contributed by atoms with Gasteiger partial charge >= 0.3 is 58.4 Å². The first-order valence-corrected chi connectivity index (χ1v) is 4.99. The molecule has 0 spiro atoms. The summed E-state index contributed by atoms with van der Waals surface area (Å²) >= 11 is 0. The number of rotatable bonds is 2. The van der Waals surface area contributed by atoms with Crippen molar-refractivity contribution >= 4 is 6.98 Å². The Labute approximate surface area is 125 Å². The Morgan fingerprint density at radius 2 is 1.64 bits per heavy atom. The van der Waals surface area contributed by atoms with E-state index in [0.717, 1.165) is 25.9 Å². The number of piperidine rings is 1. The van der Waals surface area contributed by atoms with Crippen LogP contribution in [0.4, 0.5) is 12.9 Å². The zero-order valence-electron chi connectivity index (χ0n) is 8.48. The first-order chi connectivity index (χ1) is 6.09.